The zero-order chi connectivity index (χ0) is 28.7. The first-order valence-electron chi connectivity index (χ1n) is 14.5. The van der Waals surface area contributed by atoms with E-state index >= 15 is 0 Å². The molecule has 0 aliphatic carbocycles. The number of hydrogen-bond donors (Lipinski definition) is 2. The van der Waals surface area contributed by atoms with Crippen molar-refractivity contribution < 1.29 is 19.7 Å². The molecule has 0 saturated carbocycles. The third kappa shape index (κ3) is 5.73. The first-order chi connectivity index (χ1) is 20.8. The average Bonchev–Trinajstić information content (AvgIpc) is 3.05. The summed E-state index contributed by atoms with van der Waals surface area (Å²) in [5.41, 5.74) is 6.54. The van der Waals surface area contributed by atoms with Crippen molar-refractivity contribution in [2.75, 3.05) is 26.4 Å². The Hall–Kier alpha value is -4.64. The van der Waals surface area contributed by atoms with E-state index < -0.39 is 0 Å². The molecule has 0 saturated heterocycles. The molecule has 0 amide bonds. The summed E-state index contributed by atoms with van der Waals surface area (Å²) in [7, 11) is 0. The summed E-state index contributed by atoms with van der Waals surface area (Å²) in [4.78, 5) is 0. The SMILES string of the molecule is OCCCOc1ccc2cc(-c3ccccc3)ccc2c1-c1c(OCCCO)ccc2cc(-c3ccccc3)ccc12. The molecule has 4 nitrogen and oxygen atoms in total. The Morgan fingerprint density at radius 2 is 0.857 bits per heavy atom. The van der Waals surface area contributed by atoms with Crippen molar-refractivity contribution in [3.63, 3.8) is 0 Å². The molecule has 0 unspecified atom stereocenters. The number of aliphatic hydroxyl groups is 2. The molecule has 0 aliphatic rings. The number of benzene rings is 6. The molecule has 0 atom stereocenters. The molecular weight excluding hydrogens is 520 g/mol. The molecule has 6 rings (SSSR count). The van der Waals surface area contributed by atoms with E-state index in [-0.39, 0.29) is 13.2 Å². The molecule has 0 heterocycles. The lowest BCUT2D eigenvalue weighted by atomic mass is 9.90. The Labute approximate surface area is 246 Å². The summed E-state index contributed by atoms with van der Waals surface area (Å²) in [5.74, 6) is 1.49. The van der Waals surface area contributed by atoms with E-state index in [9.17, 15) is 10.2 Å². The van der Waals surface area contributed by atoms with E-state index in [1.165, 1.54) is 0 Å². The molecule has 0 aromatic heterocycles. The van der Waals surface area contributed by atoms with Crippen molar-refractivity contribution in [3.05, 3.63) is 121 Å². The summed E-state index contributed by atoms with van der Waals surface area (Å²) in [6.45, 7) is 0.937. The number of hydrogen-bond acceptors (Lipinski definition) is 4. The number of aliphatic hydroxyl groups excluding tert-OH is 2. The fourth-order valence-electron chi connectivity index (χ4n) is 5.49. The zero-order valence-corrected chi connectivity index (χ0v) is 23.5. The molecule has 42 heavy (non-hydrogen) atoms. The minimum absolute atomic E-state index is 0.0649. The normalized spacial score (nSPS) is 11.2. The van der Waals surface area contributed by atoms with Crippen molar-refractivity contribution >= 4 is 21.5 Å². The molecule has 0 bridgehead atoms. The van der Waals surface area contributed by atoms with Crippen LogP contribution in [0.4, 0.5) is 0 Å². The fraction of sp³-hybridized carbons (Fsp3) is 0.158. The molecule has 0 spiro atoms. The smallest absolute Gasteiger partial charge is 0.127 e. The summed E-state index contributed by atoms with van der Waals surface area (Å²) in [6, 6.07) is 42.1. The van der Waals surface area contributed by atoms with Gasteiger partial charge in [0.15, 0.2) is 0 Å². The van der Waals surface area contributed by atoms with Crippen molar-refractivity contribution in [2.24, 2.45) is 0 Å². The Balaban J connectivity index is 1.58. The van der Waals surface area contributed by atoms with Gasteiger partial charge in [0, 0.05) is 37.2 Å². The van der Waals surface area contributed by atoms with Gasteiger partial charge in [-0.25, -0.2) is 0 Å². The Morgan fingerprint density at radius 3 is 1.26 bits per heavy atom. The van der Waals surface area contributed by atoms with Crippen LogP contribution in [0.15, 0.2) is 121 Å². The van der Waals surface area contributed by atoms with Crippen LogP contribution in [0.2, 0.25) is 0 Å². The summed E-state index contributed by atoms with van der Waals surface area (Å²) >= 11 is 0. The highest BCUT2D eigenvalue weighted by atomic mass is 16.5. The van der Waals surface area contributed by atoms with Crippen LogP contribution in [0.1, 0.15) is 12.8 Å². The Kier molecular flexibility index (Phi) is 8.46. The van der Waals surface area contributed by atoms with Gasteiger partial charge in [0.2, 0.25) is 0 Å². The van der Waals surface area contributed by atoms with Gasteiger partial charge in [0.05, 0.1) is 13.2 Å². The minimum Gasteiger partial charge on any atom is -0.493 e. The maximum absolute atomic E-state index is 9.45. The quantitative estimate of drug-likeness (QED) is 0.158. The Morgan fingerprint density at radius 1 is 0.429 bits per heavy atom. The average molecular weight is 555 g/mol. The van der Waals surface area contributed by atoms with E-state index in [2.05, 4.69) is 97.1 Å². The van der Waals surface area contributed by atoms with Crippen LogP contribution in [0.3, 0.4) is 0 Å². The largest absolute Gasteiger partial charge is 0.493 e. The third-order valence-corrected chi connectivity index (χ3v) is 7.55. The lowest BCUT2D eigenvalue weighted by molar-refractivity contribution is 0.232. The maximum Gasteiger partial charge on any atom is 0.127 e. The van der Waals surface area contributed by atoms with Gasteiger partial charge >= 0.3 is 0 Å². The second kappa shape index (κ2) is 12.9. The topological polar surface area (TPSA) is 58.9 Å². The third-order valence-electron chi connectivity index (χ3n) is 7.55. The van der Waals surface area contributed by atoms with Gasteiger partial charge in [-0.3, -0.25) is 0 Å². The van der Waals surface area contributed by atoms with Gasteiger partial charge in [0.25, 0.3) is 0 Å². The van der Waals surface area contributed by atoms with Crippen LogP contribution in [0, 0.1) is 0 Å². The van der Waals surface area contributed by atoms with E-state index in [1.807, 2.05) is 24.3 Å². The van der Waals surface area contributed by atoms with Crippen LogP contribution < -0.4 is 9.47 Å². The first-order valence-corrected chi connectivity index (χ1v) is 14.5. The Bertz CT molecular complexity index is 1660. The number of fused-ring (bicyclic) bond motifs is 2. The fourth-order valence-corrected chi connectivity index (χ4v) is 5.49. The van der Waals surface area contributed by atoms with Crippen molar-refractivity contribution in [3.8, 4) is 44.9 Å². The maximum atomic E-state index is 9.45. The highest BCUT2D eigenvalue weighted by Crippen LogP contribution is 2.46. The van der Waals surface area contributed by atoms with Gasteiger partial charge < -0.3 is 19.7 Å². The predicted molar refractivity (Wildman–Crippen MR) is 172 cm³/mol. The zero-order valence-electron chi connectivity index (χ0n) is 23.5. The standard InChI is InChI=1S/C38H34O4/c39-21-7-23-41-35-19-15-31-25-29(27-9-3-1-4-10-27)13-17-33(31)37(35)38-34-18-14-30(28-11-5-2-6-12-28)26-32(34)16-20-36(38)42-24-8-22-40/h1-6,9-20,25-26,39-40H,7-8,21-24H2. The second-order valence-corrected chi connectivity index (χ2v) is 10.3. The van der Waals surface area contributed by atoms with Gasteiger partial charge in [-0.15, -0.1) is 0 Å². The highest BCUT2D eigenvalue weighted by Gasteiger charge is 2.20. The van der Waals surface area contributed by atoms with E-state index in [0.717, 1.165) is 66.4 Å². The lowest BCUT2D eigenvalue weighted by Crippen LogP contribution is -2.04. The van der Waals surface area contributed by atoms with Crippen LogP contribution in [0.25, 0.3) is 54.9 Å². The number of ether oxygens (including phenoxy) is 2. The van der Waals surface area contributed by atoms with Crippen molar-refractivity contribution in [1.82, 2.24) is 0 Å². The molecule has 2 N–H and O–H groups in total. The highest BCUT2D eigenvalue weighted by molar-refractivity contribution is 6.11. The number of rotatable bonds is 11. The molecule has 6 aromatic rings. The van der Waals surface area contributed by atoms with Gasteiger partial charge in [0.1, 0.15) is 11.5 Å². The summed E-state index contributed by atoms with van der Waals surface area (Å²) in [6.07, 6.45) is 1.08. The minimum atomic E-state index is 0.0649. The molecular formula is C38H34O4. The van der Waals surface area contributed by atoms with Crippen LogP contribution in [0.5, 0.6) is 11.5 Å². The summed E-state index contributed by atoms with van der Waals surface area (Å²) < 4.78 is 12.6. The van der Waals surface area contributed by atoms with E-state index in [1.54, 1.807) is 0 Å². The van der Waals surface area contributed by atoms with Gasteiger partial charge in [-0.2, -0.15) is 0 Å². The monoisotopic (exact) mass is 554 g/mol. The van der Waals surface area contributed by atoms with Crippen molar-refractivity contribution in [1.29, 1.82) is 0 Å². The van der Waals surface area contributed by atoms with Gasteiger partial charge in [-0.05, 0) is 68.1 Å². The predicted octanol–water partition coefficient (Wildman–Crippen LogP) is 8.52. The second-order valence-electron chi connectivity index (χ2n) is 10.3. The molecule has 0 radical (unpaired) electrons. The molecule has 6 aromatic carbocycles. The van der Waals surface area contributed by atoms with Crippen LogP contribution in [-0.4, -0.2) is 36.6 Å². The summed E-state index contributed by atoms with van der Waals surface area (Å²) in [5, 5.41) is 23.2. The first kappa shape index (κ1) is 27.5. The van der Waals surface area contributed by atoms with E-state index in [0.29, 0.717) is 26.1 Å². The van der Waals surface area contributed by atoms with Crippen LogP contribution >= 0.6 is 0 Å². The van der Waals surface area contributed by atoms with Crippen LogP contribution in [-0.2, 0) is 0 Å². The molecule has 0 fully saturated rings. The molecule has 210 valence electrons. The lowest BCUT2D eigenvalue weighted by Gasteiger charge is -2.20. The van der Waals surface area contributed by atoms with Gasteiger partial charge in [-0.1, -0.05) is 97.1 Å². The molecule has 4 heteroatoms. The van der Waals surface area contributed by atoms with Crippen molar-refractivity contribution in [2.45, 2.75) is 12.8 Å². The van der Waals surface area contributed by atoms with E-state index in [4.69, 9.17) is 9.47 Å². The molecule has 0 aliphatic heterocycles.